The summed E-state index contributed by atoms with van der Waals surface area (Å²) in [6.45, 7) is 3.29. The minimum atomic E-state index is -0.350. The summed E-state index contributed by atoms with van der Waals surface area (Å²) >= 11 is 6.08. The maximum absolute atomic E-state index is 13.9. The van der Waals surface area contributed by atoms with Crippen LogP contribution in [0, 0.1) is 5.82 Å². The van der Waals surface area contributed by atoms with Gasteiger partial charge in [-0.1, -0.05) is 29.8 Å². The van der Waals surface area contributed by atoms with Crippen molar-refractivity contribution in [3.8, 4) is 5.75 Å². The lowest BCUT2D eigenvalue weighted by Gasteiger charge is -2.37. The lowest BCUT2D eigenvalue weighted by molar-refractivity contribution is -0.132. The van der Waals surface area contributed by atoms with Gasteiger partial charge in [0.1, 0.15) is 11.6 Å². The highest BCUT2D eigenvalue weighted by Crippen LogP contribution is 2.28. The molecular formula is C21H25ClFN3O2. The van der Waals surface area contributed by atoms with Crippen molar-refractivity contribution in [3.05, 3.63) is 58.9 Å². The molecule has 7 heteroatoms. The number of amides is 1. The SMILES string of the molecule is COc1ccccc1N1CCN(C(=O)CN(C)Cc2c(F)cccc2Cl)CC1. The van der Waals surface area contributed by atoms with E-state index in [1.165, 1.54) is 6.07 Å². The highest BCUT2D eigenvalue weighted by atomic mass is 35.5. The molecule has 1 fully saturated rings. The van der Waals surface area contributed by atoms with Crippen molar-refractivity contribution in [3.63, 3.8) is 0 Å². The van der Waals surface area contributed by atoms with Crippen LogP contribution in [0.3, 0.4) is 0 Å². The monoisotopic (exact) mass is 405 g/mol. The smallest absolute Gasteiger partial charge is 0.236 e. The number of likely N-dealkylation sites (N-methyl/N-ethyl adjacent to an activating group) is 1. The fraction of sp³-hybridized carbons (Fsp3) is 0.381. The summed E-state index contributed by atoms with van der Waals surface area (Å²) in [5, 5.41) is 0.379. The van der Waals surface area contributed by atoms with Gasteiger partial charge in [-0.25, -0.2) is 4.39 Å². The van der Waals surface area contributed by atoms with Gasteiger partial charge < -0.3 is 14.5 Å². The molecule has 2 aromatic rings. The third-order valence-electron chi connectivity index (χ3n) is 4.95. The van der Waals surface area contributed by atoms with Gasteiger partial charge in [-0.15, -0.1) is 0 Å². The summed E-state index contributed by atoms with van der Waals surface area (Å²) < 4.78 is 19.4. The first-order valence-corrected chi connectivity index (χ1v) is 9.64. The molecule has 1 aliphatic heterocycles. The van der Waals surface area contributed by atoms with Crippen molar-refractivity contribution >= 4 is 23.2 Å². The normalized spacial score (nSPS) is 14.5. The van der Waals surface area contributed by atoms with Crippen molar-refractivity contribution in [2.24, 2.45) is 0 Å². The molecule has 0 radical (unpaired) electrons. The highest BCUT2D eigenvalue weighted by molar-refractivity contribution is 6.31. The molecule has 1 saturated heterocycles. The Bertz CT molecular complexity index is 805. The van der Waals surface area contributed by atoms with Gasteiger partial charge in [0.15, 0.2) is 0 Å². The second-order valence-electron chi connectivity index (χ2n) is 6.91. The predicted molar refractivity (Wildman–Crippen MR) is 110 cm³/mol. The number of carbonyl (C=O) groups is 1. The highest BCUT2D eigenvalue weighted by Gasteiger charge is 2.23. The number of rotatable bonds is 6. The van der Waals surface area contributed by atoms with Gasteiger partial charge in [0.25, 0.3) is 0 Å². The quantitative estimate of drug-likeness (QED) is 0.739. The molecule has 0 atom stereocenters. The van der Waals surface area contributed by atoms with Crippen LogP contribution in [0.15, 0.2) is 42.5 Å². The van der Waals surface area contributed by atoms with Gasteiger partial charge in [-0.05, 0) is 31.3 Å². The molecule has 28 heavy (non-hydrogen) atoms. The minimum absolute atomic E-state index is 0.0367. The number of nitrogens with zero attached hydrogens (tertiary/aromatic N) is 3. The fourth-order valence-corrected chi connectivity index (χ4v) is 3.65. The Balaban J connectivity index is 1.54. The Labute approximate surface area is 170 Å². The van der Waals surface area contributed by atoms with Crippen molar-refractivity contribution in [2.75, 3.05) is 51.8 Å². The number of anilines is 1. The van der Waals surface area contributed by atoms with Crippen LogP contribution in [0.2, 0.25) is 5.02 Å². The Morgan fingerprint density at radius 1 is 1.14 bits per heavy atom. The molecule has 3 rings (SSSR count). The van der Waals surface area contributed by atoms with Crippen molar-refractivity contribution < 1.29 is 13.9 Å². The van der Waals surface area contributed by atoms with Crippen molar-refractivity contribution in [2.45, 2.75) is 6.54 Å². The molecule has 0 spiro atoms. The van der Waals surface area contributed by atoms with E-state index < -0.39 is 0 Å². The number of methoxy groups -OCH3 is 1. The second kappa shape index (κ2) is 9.26. The van der Waals surface area contributed by atoms with Gasteiger partial charge >= 0.3 is 0 Å². The standard InChI is InChI=1S/C21H25ClFN3O2/c1-24(14-16-17(22)6-5-7-18(16)23)15-21(27)26-12-10-25(11-13-26)19-8-3-4-9-20(19)28-2/h3-9H,10-15H2,1-2H3. The van der Waals surface area contributed by atoms with E-state index in [1.807, 2.05) is 29.2 Å². The molecule has 150 valence electrons. The summed E-state index contributed by atoms with van der Waals surface area (Å²) in [6.07, 6.45) is 0. The average molecular weight is 406 g/mol. The first-order valence-electron chi connectivity index (χ1n) is 9.26. The number of ether oxygens (including phenoxy) is 1. The molecule has 0 saturated carbocycles. The molecule has 0 unspecified atom stereocenters. The van der Waals surface area contributed by atoms with Crippen molar-refractivity contribution in [1.29, 1.82) is 0 Å². The Morgan fingerprint density at radius 3 is 2.54 bits per heavy atom. The van der Waals surface area contributed by atoms with E-state index in [1.54, 1.807) is 31.2 Å². The molecule has 5 nitrogen and oxygen atoms in total. The number of benzene rings is 2. The summed E-state index contributed by atoms with van der Waals surface area (Å²) in [5.74, 6) is 0.524. The molecule has 1 heterocycles. The minimum Gasteiger partial charge on any atom is -0.495 e. The van der Waals surface area contributed by atoms with E-state index in [-0.39, 0.29) is 18.3 Å². The Morgan fingerprint density at radius 2 is 1.86 bits per heavy atom. The number of halogens is 2. The maximum atomic E-state index is 13.9. The zero-order valence-corrected chi connectivity index (χ0v) is 17.0. The lowest BCUT2D eigenvalue weighted by Crippen LogP contribution is -2.51. The van der Waals surface area contributed by atoms with Crippen molar-refractivity contribution in [1.82, 2.24) is 9.80 Å². The molecule has 2 aromatic carbocycles. The largest absolute Gasteiger partial charge is 0.495 e. The first kappa shape index (κ1) is 20.4. The molecule has 0 aromatic heterocycles. The number of piperazine rings is 1. The van der Waals surface area contributed by atoms with E-state index >= 15 is 0 Å². The Hall–Kier alpha value is -2.31. The van der Waals surface area contributed by atoms with Gasteiger partial charge in [-0.3, -0.25) is 9.69 Å². The lowest BCUT2D eigenvalue weighted by atomic mass is 10.2. The van der Waals surface area contributed by atoms with Crippen LogP contribution in [0.5, 0.6) is 5.75 Å². The Kier molecular flexibility index (Phi) is 6.75. The molecule has 0 N–H and O–H groups in total. The maximum Gasteiger partial charge on any atom is 0.236 e. The topological polar surface area (TPSA) is 36.0 Å². The summed E-state index contributed by atoms with van der Waals surface area (Å²) in [4.78, 5) is 18.5. The van der Waals surface area contributed by atoms with E-state index in [9.17, 15) is 9.18 Å². The van der Waals surface area contributed by atoms with Gasteiger partial charge in [-0.2, -0.15) is 0 Å². The van der Waals surface area contributed by atoms with Crippen LogP contribution in [-0.2, 0) is 11.3 Å². The van der Waals surface area contributed by atoms with Crippen LogP contribution in [-0.4, -0.2) is 62.6 Å². The summed E-state index contributed by atoms with van der Waals surface area (Å²) in [6, 6.07) is 12.5. The summed E-state index contributed by atoms with van der Waals surface area (Å²) in [5.41, 5.74) is 1.46. The second-order valence-corrected chi connectivity index (χ2v) is 7.32. The first-order chi connectivity index (χ1) is 13.5. The van der Waals surface area contributed by atoms with Gasteiger partial charge in [0, 0.05) is 43.3 Å². The molecule has 1 aliphatic rings. The predicted octanol–water partition coefficient (Wildman–Crippen LogP) is 3.27. The fourth-order valence-electron chi connectivity index (χ4n) is 3.43. The number of para-hydroxylation sites is 2. The number of hydrogen-bond donors (Lipinski definition) is 0. The van der Waals surface area contributed by atoms with Crippen LogP contribution in [0.25, 0.3) is 0 Å². The van der Waals surface area contributed by atoms with E-state index in [0.29, 0.717) is 30.2 Å². The van der Waals surface area contributed by atoms with Gasteiger partial charge in [0.2, 0.25) is 5.91 Å². The third kappa shape index (κ3) is 4.75. The van der Waals surface area contributed by atoms with E-state index in [4.69, 9.17) is 16.3 Å². The van der Waals surface area contributed by atoms with E-state index in [0.717, 1.165) is 24.5 Å². The van der Waals surface area contributed by atoms with Crippen LogP contribution >= 0.6 is 11.6 Å². The summed E-state index contributed by atoms with van der Waals surface area (Å²) in [7, 11) is 3.46. The number of hydrogen-bond acceptors (Lipinski definition) is 4. The zero-order valence-electron chi connectivity index (χ0n) is 16.2. The molecule has 0 aliphatic carbocycles. The average Bonchev–Trinajstić information content (AvgIpc) is 2.71. The third-order valence-corrected chi connectivity index (χ3v) is 5.31. The molecule has 0 bridgehead atoms. The molecule has 1 amide bonds. The van der Waals surface area contributed by atoms with Crippen LogP contribution < -0.4 is 9.64 Å². The van der Waals surface area contributed by atoms with E-state index in [2.05, 4.69) is 4.90 Å². The zero-order chi connectivity index (χ0) is 20.1. The van der Waals surface area contributed by atoms with Gasteiger partial charge in [0.05, 0.1) is 19.3 Å². The molecular weight excluding hydrogens is 381 g/mol. The number of carbonyl (C=O) groups excluding carboxylic acids is 1. The van der Waals surface area contributed by atoms with Crippen LogP contribution in [0.4, 0.5) is 10.1 Å². The van der Waals surface area contributed by atoms with Crippen LogP contribution in [0.1, 0.15) is 5.56 Å².